The van der Waals surface area contributed by atoms with Crippen LogP contribution in [0.1, 0.15) is 29.7 Å². The number of hydrogen-bond donors (Lipinski definition) is 1. The number of benzene rings is 2. The smallest absolute Gasteiger partial charge is 0.220 e. The van der Waals surface area contributed by atoms with Crippen LogP contribution in [0, 0.1) is 0 Å². The fourth-order valence-corrected chi connectivity index (χ4v) is 4.98. The van der Waals surface area contributed by atoms with Gasteiger partial charge in [-0.15, -0.1) is 0 Å². The van der Waals surface area contributed by atoms with Gasteiger partial charge in [0.2, 0.25) is 5.91 Å². The molecule has 7 nitrogen and oxygen atoms in total. The maximum Gasteiger partial charge on any atom is 0.220 e. The molecular formula is C29H32N4O3. The number of imidazole rings is 1. The first-order chi connectivity index (χ1) is 17.7. The van der Waals surface area contributed by atoms with Crippen LogP contribution in [0.15, 0.2) is 67.3 Å². The molecule has 0 bridgehead atoms. The van der Waals surface area contributed by atoms with Gasteiger partial charge < -0.3 is 23.9 Å². The van der Waals surface area contributed by atoms with Crippen LogP contribution >= 0.6 is 0 Å². The third kappa shape index (κ3) is 5.00. The van der Waals surface area contributed by atoms with Gasteiger partial charge in [-0.1, -0.05) is 24.3 Å². The van der Waals surface area contributed by atoms with E-state index in [1.54, 1.807) is 26.7 Å². The molecule has 1 N–H and O–H groups in total. The van der Waals surface area contributed by atoms with Crippen molar-refractivity contribution in [1.29, 1.82) is 0 Å². The van der Waals surface area contributed by atoms with Crippen molar-refractivity contribution in [3.05, 3.63) is 84.1 Å². The van der Waals surface area contributed by atoms with E-state index in [1.807, 2.05) is 29.0 Å². The molecular weight excluding hydrogens is 452 g/mol. The maximum atomic E-state index is 12.7. The van der Waals surface area contributed by atoms with Gasteiger partial charge in [0.05, 0.1) is 31.9 Å². The predicted octanol–water partition coefficient (Wildman–Crippen LogP) is 4.60. The lowest BCUT2D eigenvalue weighted by Gasteiger charge is -2.21. The highest BCUT2D eigenvalue weighted by atomic mass is 16.5. The Bertz CT molecular complexity index is 1320. The number of carbonyl (C=O) groups is 1. The summed E-state index contributed by atoms with van der Waals surface area (Å²) < 4.78 is 15.4. The van der Waals surface area contributed by atoms with E-state index in [1.165, 1.54) is 22.4 Å². The van der Waals surface area contributed by atoms with Gasteiger partial charge in [0.15, 0.2) is 0 Å². The summed E-state index contributed by atoms with van der Waals surface area (Å²) in [5.41, 5.74) is 7.19. The Morgan fingerprint density at radius 3 is 2.56 bits per heavy atom. The topological polar surface area (TPSA) is 70.3 Å². The van der Waals surface area contributed by atoms with Crippen molar-refractivity contribution in [3.8, 4) is 28.4 Å². The van der Waals surface area contributed by atoms with Crippen molar-refractivity contribution in [2.75, 3.05) is 20.8 Å². The third-order valence-corrected chi connectivity index (χ3v) is 6.77. The Morgan fingerprint density at radius 2 is 1.81 bits per heavy atom. The molecule has 2 aromatic carbocycles. The number of aryl methyl sites for hydroxylation is 4. The van der Waals surface area contributed by atoms with Gasteiger partial charge in [0.25, 0.3) is 0 Å². The van der Waals surface area contributed by atoms with E-state index in [9.17, 15) is 4.79 Å². The summed E-state index contributed by atoms with van der Waals surface area (Å²) in [4.78, 5) is 16.7. The minimum Gasteiger partial charge on any atom is -0.497 e. The van der Waals surface area contributed by atoms with Crippen molar-refractivity contribution in [1.82, 2.24) is 19.4 Å². The molecule has 0 spiro atoms. The summed E-state index contributed by atoms with van der Waals surface area (Å²) in [5, 5.41) is 3.07. The number of rotatable bonds is 10. The summed E-state index contributed by atoms with van der Waals surface area (Å²) in [6, 6.07) is 16.8. The number of fused-ring (bicyclic) bond motifs is 3. The summed E-state index contributed by atoms with van der Waals surface area (Å²) in [6.45, 7) is 1.49. The van der Waals surface area contributed by atoms with E-state index in [0.717, 1.165) is 48.7 Å². The number of nitrogens with zero attached hydrogens (tertiary/aromatic N) is 3. The number of hydrogen-bond acceptors (Lipinski definition) is 4. The standard InChI is InChI=1S/C29H32N4O3/c1-35-25-17-24(18-26(19-25)36-2)33-23(10-11-28(34)31-12-5-14-32-15-13-30-20-32)16-22-9-8-21-6-3-4-7-27(21)29(22)33/h3-4,6-7,13,15-20H,5,8-12,14H2,1-2H3,(H,31,34). The van der Waals surface area contributed by atoms with Gasteiger partial charge in [0, 0.05) is 61.4 Å². The SMILES string of the molecule is COc1cc(OC)cc(-n2c(CCC(=O)NCCCn3ccnc3)cc3c2-c2ccccc2CC3)c1. The molecule has 0 unspecified atom stereocenters. The van der Waals surface area contributed by atoms with E-state index in [0.29, 0.717) is 19.4 Å². The van der Waals surface area contributed by atoms with Gasteiger partial charge in [-0.2, -0.15) is 0 Å². The van der Waals surface area contributed by atoms with Crippen molar-refractivity contribution in [2.45, 2.75) is 38.6 Å². The van der Waals surface area contributed by atoms with E-state index in [2.05, 4.69) is 45.2 Å². The molecule has 0 fully saturated rings. The fourth-order valence-electron chi connectivity index (χ4n) is 4.98. The van der Waals surface area contributed by atoms with Crippen LogP contribution in [-0.2, 0) is 30.6 Å². The average Bonchev–Trinajstić information content (AvgIpc) is 3.57. The molecule has 0 radical (unpaired) electrons. The van der Waals surface area contributed by atoms with Crippen molar-refractivity contribution in [2.24, 2.45) is 0 Å². The lowest BCUT2D eigenvalue weighted by atomic mass is 9.90. The Kier molecular flexibility index (Phi) is 7.07. The molecule has 7 heteroatoms. The monoisotopic (exact) mass is 484 g/mol. The Hall–Kier alpha value is -4.00. The van der Waals surface area contributed by atoms with Crippen LogP contribution in [0.4, 0.5) is 0 Å². The maximum absolute atomic E-state index is 12.7. The zero-order chi connectivity index (χ0) is 24.9. The molecule has 2 aromatic heterocycles. The molecule has 36 heavy (non-hydrogen) atoms. The first-order valence-electron chi connectivity index (χ1n) is 12.4. The minimum atomic E-state index is 0.0648. The first kappa shape index (κ1) is 23.7. The molecule has 0 saturated carbocycles. The van der Waals surface area contributed by atoms with Crippen LogP contribution in [0.2, 0.25) is 0 Å². The quantitative estimate of drug-likeness (QED) is 0.334. The highest BCUT2D eigenvalue weighted by molar-refractivity contribution is 5.77. The molecule has 0 atom stereocenters. The molecule has 0 saturated heterocycles. The highest BCUT2D eigenvalue weighted by Gasteiger charge is 2.24. The van der Waals surface area contributed by atoms with E-state index in [4.69, 9.17) is 9.47 Å². The van der Waals surface area contributed by atoms with Crippen LogP contribution in [0.3, 0.4) is 0 Å². The lowest BCUT2D eigenvalue weighted by Crippen LogP contribution is -2.25. The molecule has 1 aliphatic rings. The predicted molar refractivity (Wildman–Crippen MR) is 140 cm³/mol. The number of carbonyl (C=O) groups excluding carboxylic acids is 1. The highest BCUT2D eigenvalue weighted by Crippen LogP contribution is 2.39. The molecule has 186 valence electrons. The summed E-state index contributed by atoms with van der Waals surface area (Å²) in [7, 11) is 3.33. The lowest BCUT2D eigenvalue weighted by molar-refractivity contribution is -0.121. The third-order valence-electron chi connectivity index (χ3n) is 6.77. The van der Waals surface area contributed by atoms with Crippen LogP contribution in [0.5, 0.6) is 11.5 Å². The van der Waals surface area contributed by atoms with Crippen molar-refractivity contribution in [3.63, 3.8) is 0 Å². The first-order valence-corrected chi connectivity index (χ1v) is 12.4. The van der Waals surface area contributed by atoms with Crippen LogP contribution in [0.25, 0.3) is 16.9 Å². The number of methoxy groups -OCH3 is 2. The van der Waals surface area contributed by atoms with E-state index in [-0.39, 0.29) is 5.91 Å². The molecule has 1 aliphatic carbocycles. The minimum absolute atomic E-state index is 0.0648. The summed E-state index contributed by atoms with van der Waals surface area (Å²) >= 11 is 0. The van der Waals surface area contributed by atoms with Crippen molar-refractivity contribution >= 4 is 5.91 Å². The molecule has 1 amide bonds. The number of aromatic nitrogens is 3. The Morgan fingerprint density at radius 1 is 1.03 bits per heavy atom. The second-order valence-electron chi connectivity index (χ2n) is 9.08. The largest absolute Gasteiger partial charge is 0.497 e. The molecule has 2 heterocycles. The molecule has 5 rings (SSSR count). The Balaban J connectivity index is 1.40. The van der Waals surface area contributed by atoms with Gasteiger partial charge in [0.1, 0.15) is 11.5 Å². The molecule has 4 aromatic rings. The van der Waals surface area contributed by atoms with E-state index >= 15 is 0 Å². The van der Waals surface area contributed by atoms with Gasteiger partial charge in [-0.25, -0.2) is 4.98 Å². The zero-order valence-electron chi connectivity index (χ0n) is 20.9. The number of ether oxygens (including phenoxy) is 2. The normalized spacial score (nSPS) is 12.1. The Labute approximate surface area is 211 Å². The number of nitrogens with one attached hydrogen (secondary N) is 1. The van der Waals surface area contributed by atoms with Gasteiger partial charge in [-0.3, -0.25) is 4.79 Å². The fraction of sp³-hybridized carbons (Fsp3) is 0.310. The summed E-state index contributed by atoms with van der Waals surface area (Å²) in [6.07, 6.45) is 9.43. The average molecular weight is 485 g/mol. The van der Waals surface area contributed by atoms with E-state index < -0.39 is 0 Å². The molecule has 0 aliphatic heterocycles. The van der Waals surface area contributed by atoms with Gasteiger partial charge >= 0.3 is 0 Å². The van der Waals surface area contributed by atoms with Crippen LogP contribution in [-0.4, -0.2) is 40.8 Å². The van der Waals surface area contributed by atoms with Gasteiger partial charge in [-0.05, 0) is 42.9 Å². The zero-order valence-corrected chi connectivity index (χ0v) is 20.9. The second kappa shape index (κ2) is 10.7. The second-order valence-corrected chi connectivity index (χ2v) is 9.08. The summed E-state index contributed by atoms with van der Waals surface area (Å²) in [5.74, 6) is 1.53. The van der Waals surface area contributed by atoms with Crippen LogP contribution < -0.4 is 14.8 Å². The number of amides is 1. The van der Waals surface area contributed by atoms with Crippen molar-refractivity contribution < 1.29 is 14.3 Å².